The quantitative estimate of drug-likeness (QED) is 0.197. The maximum absolute atomic E-state index is 12.4. The van der Waals surface area contributed by atoms with E-state index in [0.717, 1.165) is 40.3 Å². The average Bonchev–Trinajstić information content (AvgIpc) is 3.15. The van der Waals surface area contributed by atoms with Crippen LogP contribution in [0.3, 0.4) is 0 Å². The first kappa shape index (κ1) is 26.4. The van der Waals surface area contributed by atoms with Crippen LogP contribution in [0.25, 0.3) is 16.9 Å². The minimum Gasteiger partial charge on any atom is -0.425 e. The number of esters is 1. The molecular formula is C31H37N3O3. The van der Waals surface area contributed by atoms with Gasteiger partial charge in [-0.05, 0) is 68.0 Å². The lowest BCUT2D eigenvalue weighted by atomic mass is 9.82. The summed E-state index contributed by atoms with van der Waals surface area (Å²) < 4.78 is 13.2. The molecule has 0 fully saturated rings. The lowest BCUT2D eigenvalue weighted by Gasteiger charge is -2.34. The fourth-order valence-electron chi connectivity index (χ4n) is 4.85. The van der Waals surface area contributed by atoms with Crippen LogP contribution in [-0.2, 0) is 16.1 Å². The minimum absolute atomic E-state index is 0.124. The van der Waals surface area contributed by atoms with Gasteiger partial charge >= 0.3 is 5.97 Å². The van der Waals surface area contributed by atoms with Crippen molar-refractivity contribution in [2.75, 3.05) is 11.9 Å². The van der Waals surface area contributed by atoms with Crippen molar-refractivity contribution in [3.63, 3.8) is 0 Å². The van der Waals surface area contributed by atoms with Gasteiger partial charge in [0.25, 0.3) is 0 Å². The third-order valence-electron chi connectivity index (χ3n) is 5.88. The second kappa shape index (κ2) is 10.8. The fraction of sp³-hybridized carbons (Fsp3) is 0.355. The summed E-state index contributed by atoms with van der Waals surface area (Å²) in [5.41, 5.74) is 4.67. The zero-order valence-electron chi connectivity index (χ0n) is 22.7. The molecule has 2 heterocycles. The van der Waals surface area contributed by atoms with Crippen LogP contribution < -0.4 is 10.1 Å². The number of nitrogens with one attached hydrogen (secondary N) is 1. The Balaban J connectivity index is 1.56. The third-order valence-corrected chi connectivity index (χ3v) is 5.88. The number of carbonyl (C=O) groups excluding carboxylic acids is 1. The van der Waals surface area contributed by atoms with Crippen LogP contribution >= 0.6 is 0 Å². The molecule has 0 aliphatic rings. The summed E-state index contributed by atoms with van der Waals surface area (Å²) in [5.74, 6) is 0.932. The lowest BCUT2D eigenvalue weighted by molar-refractivity contribution is -0.139. The molecule has 6 heteroatoms. The zero-order chi connectivity index (χ0) is 26.6. The van der Waals surface area contributed by atoms with E-state index in [4.69, 9.17) is 14.5 Å². The summed E-state index contributed by atoms with van der Waals surface area (Å²) in [6.07, 6.45) is 3.02. The maximum Gasteiger partial charge on any atom is 0.337 e. The predicted molar refractivity (Wildman–Crippen MR) is 149 cm³/mol. The largest absolute Gasteiger partial charge is 0.425 e. The molecule has 0 aliphatic heterocycles. The molecule has 0 saturated carbocycles. The minimum atomic E-state index is -0.441. The standard InChI is InChI=1S/C31H37N3O3/c1-22-15-16-34-26(17-22)32-28(29(34)33-31(5,6)21-30(2,3)4)24-13-10-14-25(18-24)37-27(35)20-36-19-23-11-8-7-9-12-23/h7-18,33H,19-21H2,1-6H3. The smallest absolute Gasteiger partial charge is 0.337 e. The molecule has 1 N–H and O–H groups in total. The molecular weight excluding hydrogens is 462 g/mol. The van der Waals surface area contributed by atoms with Crippen molar-refractivity contribution < 1.29 is 14.3 Å². The number of rotatable bonds is 9. The van der Waals surface area contributed by atoms with Crippen LogP contribution in [0.5, 0.6) is 5.75 Å². The molecule has 0 bridgehead atoms. The van der Waals surface area contributed by atoms with Gasteiger partial charge in [0.05, 0.1) is 6.61 Å². The van der Waals surface area contributed by atoms with Crippen LogP contribution in [0.1, 0.15) is 52.2 Å². The molecule has 0 aliphatic carbocycles. The number of pyridine rings is 1. The average molecular weight is 500 g/mol. The van der Waals surface area contributed by atoms with Gasteiger partial charge in [-0.2, -0.15) is 0 Å². The van der Waals surface area contributed by atoms with Crippen molar-refractivity contribution in [3.8, 4) is 17.0 Å². The van der Waals surface area contributed by atoms with E-state index in [-0.39, 0.29) is 17.6 Å². The SMILES string of the molecule is Cc1ccn2c(NC(C)(C)CC(C)(C)C)c(-c3cccc(OC(=O)COCc4ccccc4)c3)nc2c1. The second-order valence-corrected chi connectivity index (χ2v) is 11.5. The zero-order valence-corrected chi connectivity index (χ0v) is 22.7. The molecule has 6 nitrogen and oxygen atoms in total. The Morgan fingerprint density at radius 3 is 2.46 bits per heavy atom. The number of imidazole rings is 1. The second-order valence-electron chi connectivity index (χ2n) is 11.5. The third kappa shape index (κ3) is 7.20. The van der Waals surface area contributed by atoms with Crippen LogP contribution in [0.15, 0.2) is 72.9 Å². The topological polar surface area (TPSA) is 64.9 Å². The highest BCUT2D eigenvalue weighted by molar-refractivity contribution is 5.79. The van der Waals surface area contributed by atoms with E-state index < -0.39 is 5.97 Å². The van der Waals surface area contributed by atoms with E-state index in [1.807, 2.05) is 54.7 Å². The Hall–Kier alpha value is -3.64. The first-order chi connectivity index (χ1) is 17.5. The van der Waals surface area contributed by atoms with Gasteiger partial charge in [-0.15, -0.1) is 0 Å². The van der Waals surface area contributed by atoms with Crippen LogP contribution in [-0.4, -0.2) is 27.5 Å². The van der Waals surface area contributed by atoms with Crippen LogP contribution in [0.2, 0.25) is 0 Å². The Morgan fingerprint density at radius 1 is 0.973 bits per heavy atom. The van der Waals surface area contributed by atoms with Gasteiger partial charge in [0.2, 0.25) is 0 Å². The Kier molecular flexibility index (Phi) is 7.69. The summed E-state index contributed by atoms with van der Waals surface area (Å²) in [7, 11) is 0. The highest BCUT2D eigenvalue weighted by Crippen LogP contribution is 2.36. The molecule has 0 amide bonds. The summed E-state index contributed by atoms with van der Waals surface area (Å²) in [4.78, 5) is 17.4. The van der Waals surface area contributed by atoms with Crippen molar-refractivity contribution in [3.05, 3.63) is 84.1 Å². The number of hydrogen-bond acceptors (Lipinski definition) is 5. The molecule has 37 heavy (non-hydrogen) atoms. The highest BCUT2D eigenvalue weighted by atomic mass is 16.6. The van der Waals surface area contributed by atoms with Crippen molar-refractivity contribution in [2.24, 2.45) is 5.41 Å². The number of carbonyl (C=O) groups is 1. The molecule has 0 unspecified atom stereocenters. The van der Waals surface area contributed by atoms with E-state index in [2.05, 4.69) is 63.4 Å². The molecule has 0 saturated heterocycles. The normalized spacial score (nSPS) is 12.1. The fourth-order valence-corrected chi connectivity index (χ4v) is 4.85. The van der Waals surface area contributed by atoms with E-state index in [1.165, 1.54) is 0 Å². The summed E-state index contributed by atoms with van der Waals surface area (Å²) in [6, 6.07) is 21.4. The van der Waals surface area contributed by atoms with E-state index in [9.17, 15) is 4.79 Å². The Labute approximate surface area is 219 Å². The predicted octanol–water partition coefficient (Wildman–Crippen LogP) is 7.06. The highest BCUT2D eigenvalue weighted by Gasteiger charge is 2.28. The molecule has 4 rings (SSSR count). The number of aromatic nitrogens is 2. The molecule has 2 aromatic heterocycles. The number of benzene rings is 2. The van der Waals surface area contributed by atoms with Crippen LogP contribution in [0.4, 0.5) is 5.82 Å². The number of fused-ring (bicyclic) bond motifs is 1. The molecule has 4 aromatic rings. The molecule has 0 radical (unpaired) electrons. The Morgan fingerprint density at radius 2 is 1.73 bits per heavy atom. The van der Waals surface area contributed by atoms with Gasteiger partial charge in [-0.1, -0.05) is 63.2 Å². The van der Waals surface area contributed by atoms with Crippen molar-refractivity contribution in [1.29, 1.82) is 0 Å². The van der Waals surface area contributed by atoms with E-state index in [0.29, 0.717) is 12.4 Å². The number of ether oxygens (including phenoxy) is 2. The van der Waals surface area contributed by atoms with Crippen molar-refractivity contribution in [1.82, 2.24) is 9.38 Å². The summed E-state index contributed by atoms with van der Waals surface area (Å²) >= 11 is 0. The summed E-state index contributed by atoms with van der Waals surface area (Å²) in [5, 5.41) is 3.76. The molecule has 194 valence electrons. The lowest BCUT2D eigenvalue weighted by Crippen LogP contribution is -2.36. The van der Waals surface area contributed by atoms with Gasteiger partial charge in [0.1, 0.15) is 29.5 Å². The van der Waals surface area contributed by atoms with Gasteiger partial charge in [0.15, 0.2) is 0 Å². The monoisotopic (exact) mass is 499 g/mol. The van der Waals surface area contributed by atoms with E-state index in [1.54, 1.807) is 6.07 Å². The molecule has 0 spiro atoms. The van der Waals surface area contributed by atoms with Crippen molar-refractivity contribution >= 4 is 17.4 Å². The van der Waals surface area contributed by atoms with Crippen molar-refractivity contribution in [2.45, 2.75) is 60.1 Å². The molecule has 0 atom stereocenters. The van der Waals surface area contributed by atoms with Gasteiger partial charge in [-0.25, -0.2) is 9.78 Å². The maximum atomic E-state index is 12.4. The number of aryl methyl sites for hydroxylation is 1. The van der Waals surface area contributed by atoms with Gasteiger partial charge in [-0.3, -0.25) is 4.40 Å². The van der Waals surface area contributed by atoms with Gasteiger partial charge < -0.3 is 14.8 Å². The first-order valence-corrected chi connectivity index (χ1v) is 12.7. The van der Waals surface area contributed by atoms with E-state index >= 15 is 0 Å². The number of nitrogens with zero attached hydrogens (tertiary/aromatic N) is 2. The van der Waals surface area contributed by atoms with Crippen LogP contribution in [0, 0.1) is 12.3 Å². The summed E-state index contributed by atoms with van der Waals surface area (Å²) in [6.45, 7) is 13.5. The molecule has 2 aromatic carbocycles. The van der Waals surface area contributed by atoms with Gasteiger partial charge in [0, 0.05) is 17.3 Å². The number of anilines is 1. The number of hydrogen-bond donors (Lipinski definition) is 1. The Bertz CT molecular complexity index is 1370. The first-order valence-electron chi connectivity index (χ1n) is 12.7.